The van der Waals surface area contributed by atoms with E-state index in [1.54, 1.807) is 0 Å². The summed E-state index contributed by atoms with van der Waals surface area (Å²) in [4.78, 5) is 0. The van der Waals surface area contributed by atoms with E-state index in [4.69, 9.17) is 4.74 Å². The van der Waals surface area contributed by atoms with E-state index in [0.717, 1.165) is 13.1 Å². The maximum Gasteiger partial charge on any atom is 0.140 e. The van der Waals surface area contributed by atoms with Gasteiger partial charge in [0.15, 0.2) is 0 Å². The molecule has 2 nitrogen and oxygen atoms in total. The molecule has 1 fully saturated rings. The molecule has 1 aliphatic rings. The highest BCUT2D eigenvalue weighted by molar-refractivity contribution is 6.11. The lowest BCUT2D eigenvalue weighted by molar-refractivity contribution is 0.0161. The van der Waals surface area contributed by atoms with E-state index in [9.17, 15) is 0 Å². The summed E-state index contributed by atoms with van der Waals surface area (Å²) in [5.74, 6) is 0. The monoisotopic (exact) mass is 113 g/mol. The van der Waals surface area contributed by atoms with E-state index < -0.39 is 0 Å². The van der Waals surface area contributed by atoms with Crippen molar-refractivity contribution in [1.82, 2.24) is 5.32 Å². The number of hydrogen-bond acceptors (Lipinski definition) is 2. The van der Waals surface area contributed by atoms with Crippen LogP contribution in [0, 0.1) is 0 Å². The molecule has 1 heterocycles. The van der Waals surface area contributed by atoms with Crippen LogP contribution < -0.4 is 5.32 Å². The van der Waals surface area contributed by atoms with Gasteiger partial charge in [-0.25, -0.2) is 0 Å². The molecule has 0 aliphatic carbocycles. The molecule has 1 rings (SSSR count). The largest absolute Gasteiger partial charge is 0.382 e. The summed E-state index contributed by atoms with van der Waals surface area (Å²) in [6.07, 6.45) is 0.402. The number of hydrogen-bond donors (Lipinski definition) is 1. The fraction of sp³-hybridized carbons (Fsp3) is 1.00. The Balaban J connectivity index is 2.23. The van der Waals surface area contributed by atoms with Crippen LogP contribution in [0.4, 0.5) is 0 Å². The van der Waals surface area contributed by atoms with E-state index in [1.165, 1.54) is 0 Å². The summed E-state index contributed by atoms with van der Waals surface area (Å²) >= 11 is 0. The minimum Gasteiger partial charge on any atom is -0.382 e. The molecule has 0 saturated carbocycles. The van der Waals surface area contributed by atoms with Crippen LogP contribution in [0.2, 0.25) is 0 Å². The molecule has 1 N–H and O–H groups in total. The molecular formula is C5H12BNO. The van der Waals surface area contributed by atoms with Gasteiger partial charge in [0.25, 0.3) is 0 Å². The first-order chi connectivity index (χ1) is 3.79. The Morgan fingerprint density at radius 2 is 2.38 bits per heavy atom. The number of ether oxygens (including phenoxy) is 1. The highest BCUT2D eigenvalue weighted by Gasteiger charge is 2.12. The Bertz CT molecular complexity index is 70.8. The molecular weight excluding hydrogens is 101 g/mol. The number of nitrogens with one attached hydrogen (secondary N) is 1. The normalized spacial score (nSPS) is 39.6. The highest BCUT2D eigenvalue weighted by atomic mass is 16.5. The summed E-state index contributed by atoms with van der Waals surface area (Å²) in [6.45, 7) is 4.09. The second-order valence-corrected chi connectivity index (χ2v) is 2.42. The van der Waals surface area contributed by atoms with Crippen molar-refractivity contribution in [1.29, 1.82) is 0 Å². The molecule has 0 spiro atoms. The first-order valence-corrected chi connectivity index (χ1v) is 3.15. The Hall–Kier alpha value is -0.0151. The summed E-state index contributed by atoms with van der Waals surface area (Å²) in [6, 6.07) is 0.402. The van der Waals surface area contributed by atoms with Crippen LogP contribution in [0.1, 0.15) is 6.92 Å². The summed E-state index contributed by atoms with van der Waals surface area (Å²) in [5, 5.41) is 3.26. The molecule has 0 aromatic heterocycles. The highest BCUT2D eigenvalue weighted by Crippen LogP contribution is 1.97. The average molecular weight is 113 g/mol. The van der Waals surface area contributed by atoms with Crippen molar-refractivity contribution >= 4 is 7.85 Å². The van der Waals surface area contributed by atoms with Gasteiger partial charge in [-0.2, -0.15) is 0 Å². The molecule has 3 heteroatoms. The number of morpholine rings is 1. The molecule has 1 aliphatic heterocycles. The van der Waals surface area contributed by atoms with Crippen LogP contribution in [0.15, 0.2) is 0 Å². The molecule has 0 aromatic carbocycles. The fourth-order valence-electron chi connectivity index (χ4n) is 0.983. The Morgan fingerprint density at radius 3 is 2.75 bits per heavy atom. The Labute approximate surface area is 51.0 Å². The van der Waals surface area contributed by atoms with E-state index in [1.807, 2.05) is 0 Å². The lowest BCUT2D eigenvalue weighted by Crippen LogP contribution is -2.43. The Morgan fingerprint density at radius 1 is 1.62 bits per heavy atom. The number of rotatable bonds is 0. The van der Waals surface area contributed by atoms with Crippen molar-refractivity contribution in [2.45, 2.75) is 19.0 Å². The molecule has 1 saturated heterocycles. The van der Waals surface area contributed by atoms with Gasteiger partial charge in [-0.05, 0) is 6.92 Å². The van der Waals surface area contributed by atoms with Gasteiger partial charge in [-0.3, -0.25) is 0 Å². The zero-order valence-electron chi connectivity index (χ0n) is 5.48. The molecule has 0 amide bonds. The van der Waals surface area contributed by atoms with E-state index >= 15 is 0 Å². The van der Waals surface area contributed by atoms with Gasteiger partial charge in [0.2, 0.25) is 0 Å². The molecule has 8 heavy (non-hydrogen) atoms. The topological polar surface area (TPSA) is 21.3 Å². The SMILES string of the molecule is BC1CNCC(C)O1. The minimum atomic E-state index is 0.402. The minimum absolute atomic E-state index is 0.402. The van der Waals surface area contributed by atoms with Crippen LogP contribution in [0.3, 0.4) is 0 Å². The van der Waals surface area contributed by atoms with Crippen molar-refractivity contribution in [2.24, 2.45) is 0 Å². The maximum absolute atomic E-state index is 5.42. The molecule has 0 bridgehead atoms. The quantitative estimate of drug-likeness (QED) is 0.405. The molecule has 0 aromatic rings. The maximum atomic E-state index is 5.42. The van der Waals surface area contributed by atoms with Gasteiger partial charge in [0.1, 0.15) is 7.85 Å². The zero-order chi connectivity index (χ0) is 5.98. The van der Waals surface area contributed by atoms with Crippen molar-refractivity contribution in [3.63, 3.8) is 0 Å². The summed E-state index contributed by atoms with van der Waals surface area (Å²) in [5.41, 5.74) is 0. The third-order valence-electron chi connectivity index (χ3n) is 1.33. The van der Waals surface area contributed by atoms with E-state index in [0.29, 0.717) is 12.1 Å². The predicted molar refractivity (Wildman–Crippen MR) is 35.7 cm³/mol. The standard InChI is InChI=1S/C5H12BNO/c1-4-2-7-3-5(6)8-4/h4-5,7H,2-3,6H2,1H3. The van der Waals surface area contributed by atoms with Crippen molar-refractivity contribution in [2.75, 3.05) is 13.1 Å². The summed E-state index contributed by atoms with van der Waals surface area (Å²) in [7, 11) is 2.09. The molecule has 46 valence electrons. The van der Waals surface area contributed by atoms with Crippen LogP contribution in [-0.4, -0.2) is 33.0 Å². The lowest BCUT2D eigenvalue weighted by Gasteiger charge is -2.25. The Kier molecular flexibility index (Phi) is 1.92. The van der Waals surface area contributed by atoms with Gasteiger partial charge in [0.05, 0.1) is 6.10 Å². The van der Waals surface area contributed by atoms with E-state index in [-0.39, 0.29) is 0 Å². The van der Waals surface area contributed by atoms with Gasteiger partial charge in [-0.15, -0.1) is 0 Å². The van der Waals surface area contributed by atoms with Crippen LogP contribution in [-0.2, 0) is 4.74 Å². The van der Waals surface area contributed by atoms with Crippen LogP contribution in [0.25, 0.3) is 0 Å². The zero-order valence-corrected chi connectivity index (χ0v) is 5.48. The first kappa shape index (κ1) is 6.11. The van der Waals surface area contributed by atoms with Crippen LogP contribution >= 0.6 is 0 Å². The second-order valence-electron chi connectivity index (χ2n) is 2.42. The average Bonchev–Trinajstić information content (AvgIpc) is 1.64. The van der Waals surface area contributed by atoms with Crippen molar-refractivity contribution in [3.8, 4) is 0 Å². The van der Waals surface area contributed by atoms with Gasteiger partial charge >= 0.3 is 0 Å². The molecule has 0 radical (unpaired) electrons. The first-order valence-electron chi connectivity index (χ1n) is 3.15. The second kappa shape index (κ2) is 2.51. The third kappa shape index (κ3) is 1.49. The van der Waals surface area contributed by atoms with Gasteiger partial charge in [-0.1, -0.05) is 0 Å². The predicted octanol–water partition coefficient (Wildman–Crippen LogP) is -1.05. The molecule has 2 unspecified atom stereocenters. The van der Waals surface area contributed by atoms with Crippen LogP contribution in [0.5, 0.6) is 0 Å². The lowest BCUT2D eigenvalue weighted by atomic mass is 9.99. The van der Waals surface area contributed by atoms with Gasteiger partial charge < -0.3 is 10.1 Å². The van der Waals surface area contributed by atoms with E-state index in [2.05, 4.69) is 20.1 Å². The molecule has 2 atom stereocenters. The summed E-state index contributed by atoms with van der Waals surface area (Å²) < 4.78 is 5.42. The fourth-order valence-corrected chi connectivity index (χ4v) is 0.983. The van der Waals surface area contributed by atoms with Gasteiger partial charge in [0, 0.05) is 19.1 Å². The third-order valence-corrected chi connectivity index (χ3v) is 1.33. The van der Waals surface area contributed by atoms with Crippen molar-refractivity contribution in [3.05, 3.63) is 0 Å². The van der Waals surface area contributed by atoms with Crippen molar-refractivity contribution < 1.29 is 4.74 Å². The smallest absolute Gasteiger partial charge is 0.140 e.